The summed E-state index contributed by atoms with van der Waals surface area (Å²) in [7, 11) is 0. The van der Waals surface area contributed by atoms with Crippen molar-refractivity contribution < 1.29 is 4.79 Å². The third kappa shape index (κ3) is 4.35. The van der Waals surface area contributed by atoms with Crippen molar-refractivity contribution in [1.82, 2.24) is 9.97 Å². The minimum Gasteiger partial charge on any atom is -0.383 e. The SMILES string of the molecule is Cc1ccc(NC(=O)[C@H](C)Sc2nc(N)cc(N)n2)cc1. The van der Waals surface area contributed by atoms with E-state index in [1.165, 1.54) is 17.8 Å². The van der Waals surface area contributed by atoms with Gasteiger partial charge in [0.15, 0.2) is 5.16 Å². The van der Waals surface area contributed by atoms with Crippen molar-refractivity contribution in [3.05, 3.63) is 35.9 Å². The molecule has 2 rings (SSSR count). The quantitative estimate of drug-likeness (QED) is 0.589. The predicted molar refractivity (Wildman–Crippen MR) is 86.0 cm³/mol. The van der Waals surface area contributed by atoms with Crippen molar-refractivity contribution in [2.24, 2.45) is 0 Å². The van der Waals surface area contributed by atoms with Gasteiger partial charge in [-0.05, 0) is 26.0 Å². The largest absolute Gasteiger partial charge is 0.383 e. The number of hydrogen-bond acceptors (Lipinski definition) is 6. The van der Waals surface area contributed by atoms with Crippen LogP contribution in [0.25, 0.3) is 0 Å². The average molecular weight is 303 g/mol. The molecule has 110 valence electrons. The number of nitrogens with two attached hydrogens (primary N) is 2. The monoisotopic (exact) mass is 303 g/mol. The van der Waals surface area contributed by atoms with Gasteiger partial charge >= 0.3 is 0 Å². The second-order valence-electron chi connectivity index (χ2n) is 4.62. The predicted octanol–water partition coefficient (Wildman–Crippen LogP) is 2.07. The molecule has 6 nitrogen and oxygen atoms in total. The molecule has 0 aliphatic heterocycles. The van der Waals surface area contributed by atoms with Crippen LogP contribution in [0.3, 0.4) is 0 Å². The molecule has 1 atom stereocenters. The molecule has 1 aromatic carbocycles. The zero-order valence-corrected chi connectivity index (χ0v) is 12.6. The molecule has 0 radical (unpaired) electrons. The Labute approximate surface area is 127 Å². The lowest BCUT2D eigenvalue weighted by atomic mass is 10.2. The summed E-state index contributed by atoms with van der Waals surface area (Å²) >= 11 is 1.21. The number of anilines is 3. The third-order valence-corrected chi connectivity index (χ3v) is 3.68. The lowest BCUT2D eigenvalue weighted by Gasteiger charge is -2.11. The molecule has 0 fully saturated rings. The van der Waals surface area contributed by atoms with Gasteiger partial charge in [0.1, 0.15) is 11.6 Å². The highest BCUT2D eigenvalue weighted by atomic mass is 32.2. The topological polar surface area (TPSA) is 107 Å². The van der Waals surface area contributed by atoms with E-state index in [9.17, 15) is 4.79 Å². The Morgan fingerprint density at radius 1 is 1.19 bits per heavy atom. The molecule has 0 saturated heterocycles. The number of aromatic nitrogens is 2. The molecule has 1 heterocycles. The molecule has 0 aliphatic carbocycles. The highest BCUT2D eigenvalue weighted by molar-refractivity contribution is 8.00. The molecule has 5 N–H and O–H groups in total. The van der Waals surface area contributed by atoms with Crippen LogP contribution in [0.2, 0.25) is 0 Å². The Bertz CT molecular complexity index is 624. The van der Waals surface area contributed by atoms with Crippen molar-refractivity contribution in [2.45, 2.75) is 24.3 Å². The molecule has 0 unspecified atom stereocenters. The van der Waals surface area contributed by atoms with E-state index in [1.807, 2.05) is 31.2 Å². The van der Waals surface area contributed by atoms with Crippen LogP contribution in [0.5, 0.6) is 0 Å². The van der Waals surface area contributed by atoms with Gasteiger partial charge in [0.05, 0.1) is 5.25 Å². The summed E-state index contributed by atoms with van der Waals surface area (Å²) in [5.74, 6) is 0.445. The van der Waals surface area contributed by atoms with Crippen molar-refractivity contribution >= 4 is 35.0 Å². The molecule has 1 amide bonds. The molecule has 21 heavy (non-hydrogen) atoms. The van der Waals surface area contributed by atoms with Gasteiger partial charge in [-0.25, -0.2) is 9.97 Å². The fraction of sp³-hybridized carbons (Fsp3) is 0.214. The summed E-state index contributed by atoms with van der Waals surface area (Å²) < 4.78 is 0. The Morgan fingerprint density at radius 2 is 1.76 bits per heavy atom. The van der Waals surface area contributed by atoms with Crippen LogP contribution in [-0.2, 0) is 4.79 Å². The minimum atomic E-state index is -0.368. The van der Waals surface area contributed by atoms with Gasteiger partial charge in [-0.3, -0.25) is 4.79 Å². The summed E-state index contributed by atoms with van der Waals surface area (Å²) in [4.78, 5) is 20.2. The van der Waals surface area contributed by atoms with Gasteiger partial charge in [-0.2, -0.15) is 0 Å². The zero-order valence-electron chi connectivity index (χ0n) is 11.8. The molecular weight excluding hydrogens is 286 g/mol. The maximum atomic E-state index is 12.1. The molecule has 0 saturated carbocycles. The highest BCUT2D eigenvalue weighted by Crippen LogP contribution is 2.22. The molecule has 0 spiro atoms. The van der Waals surface area contributed by atoms with Gasteiger partial charge in [-0.1, -0.05) is 29.5 Å². The molecule has 2 aromatic rings. The maximum Gasteiger partial charge on any atom is 0.237 e. The number of nitrogens with zero attached hydrogens (tertiary/aromatic N) is 2. The van der Waals surface area contributed by atoms with Crippen LogP contribution in [0.15, 0.2) is 35.5 Å². The van der Waals surface area contributed by atoms with Crippen molar-refractivity contribution in [3.63, 3.8) is 0 Å². The second-order valence-corrected chi connectivity index (χ2v) is 5.92. The van der Waals surface area contributed by atoms with E-state index < -0.39 is 0 Å². The van der Waals surface area contributed by atoms with Crippen molar-refractivity contribution in [2.75, 3.05) is 16.8 Å². The Balaban J connectivity index is 2.00. The number of nitrogen functional groups attached to an aromatic ring is 2. The Hall–Kier alpha value is -2.28. The minimum absolute atomic E-state index is 0.131. The van der Waals surface area contributed by atoms with Gasteiger partial charge in [0, 0.05) is 11.8 Å². The number of rotatable bonds is 4. The van der Waals surface area contributed by atoms with Crippen LogP contribution in [0, 0.1) is 6.92 Å². The Kier molecular flexibility index (Phi) is 4.64. The fourth-order valence-corrected chi connectivity index (χ4v) is 2.41. The molecular formula is C14H17N5OS. The van der Waals surface area contributed by atoms with Crippen LogP contribution in [-0.4, -0.2) is 21.1 Å². The summed E-state index contributed by atoms with van der Waals surface area (Å²) in [6.45, 7) is 3.77. The highest BCUT2D eigenvalue weighted by Gasteiger charge is 2.16. The van der Waals surface area contributed by atoms with E-state index in [2.05, 4.69) is 15.3 Å². The van der Waals surface area contributed by atoms with Crippen molar-refractivity contribution in [3.8, 4) is 0 Å². The lowest BCUT2D eigenvalue weighted by Crippen LogP contribution is -2.22. The van der Waals surface area contributed by atoms with E-state index in [0.29, 0.717) is 5.16 Å². The fourth-order valence-electron chi connectivity index (χ4n) is 1.61. The van der Waals surface area contributed by atoms with Crippen LogP contribution in [0.1, 0.15) is 12.5 Å². The first-order chi connectivity index (χ1) is 9.94. The smallest absolute Gasteiger partial charge is 0.237 e. The van der Waals surface area contributed by atoms with Gasteiger partial charge < -0.3 is 16.8 Å². The van der Waals surface area contributed by atoms with Crippen LogP contribution < -0.4 is 16.8 Å². The number of thioether (sulfide) groups is 1. The number of carbonyl (C=O) groups is 1. The first-order valence-electron chi connectivity index (χ1n) is 6.38. The summed E-state index contributed by atoms with van der Waals surface area (Å²) in [5, 5.41) is 2.86. The summed E-state index contributed by atoms with van der Waals surface area (Å²) in [5.41, 5.74) is 13.1. The standard InChI is InChI=1S/C14H17N5OS/c1-8-3-5-10(6-4-8)17-13(20)9(2)21-14-18-11(15)7-12(16)19-14/h3-7,9H,1-2H3,(H,17,20)(H4,15,16,18,19)/t9-/m0/s1. The van der Waals surface area contributed by atoms with Crippen LogP contribution >= 0.6 is 11.8 Å². The van der Waals surface area contributed by atoms with E-state index in [-0.39, 0.29) is 22.8 Å². The van der Waals surface area contributed by atoms with E-state index in [1.54, 1.807) is 6.92 Å². The third-order valence-electron chi connectivity index (χ3n) is 2.72. The number of nitrogens with one attached hydrogen (secondary N) is 1. The van der Waals surface area contributed by atoms with Crippen LogP contribution in [0.4, 0.5) is 17.3 Å². The van der Waals surface area contributed by atoms with E-state index in [4.69, 9.17) is 11.5 Å². The van der Waals surface area contributed by atoms with Gasteiger partial charge in [-0.15, -0.1) is 0 Å². The second kappa shape index (κ2) is 6.45. The number of hydrogen-bond donors (Lipinski definition) is 3. The normalized spacial score (nSPS) is 11.9. The molecule has 1 aromatic heterocycles. The molecule has 0 aliphatic rings. The van der Waals surface area contributed by atoms with Gasteiger partial charge in [0.2, 0.25) is 5.91 Å². The number of benzene rings is 1. The average Bonchev–Trinajstić information content (AvgIpc) is 2.40. The van der Waals surface area contributed by atoms with E-state index >= 15 is 0 Å². The Morgan fingerprint density at radius 3 is 2.33 bits per heavy atom. The molecule has 0 bridgehead atoms. The first-order valence-corrected chi connectivity index (χ1v) is 7.26. The number of aryl methyl sites for hydroxylation is 1. The first kappa shape index (κ1) is 15.1. The summed E-state index contributed by atoms with van der Waals surface area (Å²) in [6, 6.07) is 9.07. The molecule has 7 heteroatoms. The number of carbonyl (C=O) groups excluding carboxylic acids is 1. The number of amides is 1. The van der Waals surface area contributed by atoms with Crippen molar-refractivity contribution in [1.29, 1.82) is 0 Å². The lowest BCUT2D eigenvalue weighted by molar-refractivity contribution is -0.115. The van der Waals surface area contributed by atoms with E-state index in [0.717, 1.165) is 11.3 Å². The van der Waals surface area contributed by atoms with Gasteiger partial charge in [0.25, 0.3) is 0 Å². The zero-order chi connectivity index (χ0) is 15.4. The maximum absolute atomic E-state index is 12.1. The summed E-state index contributed by atoms with van der Waals surface area (Å²) in [6.07, 6.45) is 0.